The van der Waals surface area contributed by atoms with E-state index in [1.165, 1.54) is 0 Å². The topological polar surface area (TPSA) is 70.1 Å². The molecule has 1 aromatic carbocycles. The molecule has 1 aliphatic carbocycles. The van der Waals surface area contributed by atoms with E-state index in [9.17, 15) is 4.79 Å². The van der Waals surface area contributed by atoms with Gasteiger partial charge >= 0.3 is 0 Å². The first-order valence-corrected chi connectivity index (χ1v) is 6.06. The number of nitrogens with two attached hydrogens (primary N) is 1. The fourth-order valence-corrected chi connectivity index (χ4v) is 2.15. The molecule has 0 unspecified atom stereocenters. The number of nitrogens with zero attached hydrogens (tertiary/aromatic N) is 2. The number of hydrogen-bond acceptors (Lipinski definition) is 3. The molecule has 2 N–H and O–H groups in total. The zero-order valence-electron chi connectivity index (χ0n) is 10.5. The van der Waals surface area contributed by atoms with Crippen LogP contribution >= 0.6 is 0 Å². The third-order valence-electron chi connectivity index (χ3n) is 3.52. The molecule has 0 heterocycles. The molecule has 4 nitrogen and oxygen atoms in total. The third-order valence-corrected chi connectivity index (χ3v) is 3.52. The smallest absolute Gasteiger partial charge is 0.230 e. The molecule has 1 fully saturated rings. The molecule has 1 aromatic rings. The lowest BCUT2D eigenvalue weighted by molar-refractivity contribution is -0.135. The molecule has 2 rings (SSSR count). The van der Waals surface area contributed by atoms with Crippen molar-refractivity contribution >= 4 is 5.91 Å². The Kier molecular flexibility index (Phi) is 3.35. The molecule has 0 spiro atoms. The van der Waals surface area contributed by atoms with E-state index in [2.05, 4.69) is 6.07 Å². The summed E-state index contributed by atoms with van der Waals surface area (Å²) in [6.07, 6.45) is 1.79. The third kappa shape index (κ3) is 2.36. The van der Waals surface area contributed by atoms with Gasteiger partial charge in [0.1, 0.15) is 0 Å². The normalized spacial score (nSPS) is 15.8. The summed E-state index contributed by atoms with van der Waals surface area (Å²) in [4.78, 5) is 13.9. The van der Waals surface area contributed by atoms with Crippen LogP contribution in [0.5, 0.6) is 0 Å². The number of carbonyl (C=O) groups excluding carboxylic acids is 1. The zero-order chi connectivity index (χ0) is 13.2. The van der Waals surface area contributed by atoms with Crippen LogP contribution < -0.4 is 5.73 Å². The Hall–Kier alpha value is -1.86. The van der Waals surface area contributed by atoms with Crippen LogP contribution in [0.4, 0.5) is 0 Å². The van der Waals surface area contributed by atoms with Crippen LogP contribution in [0.1, 0.15) is 24.0 Å². The van der Waals surface area contributed by atoms with E-state index in [1.807, 2.05) is 18.2 Å². The molecule has 94 valence electrons. The summed E-state index contributed by atoms with van der Waals surface area (Å²) in [6, 6.07) is 9.43. The van der Waals surface area contributed by atoms with Crippen LogP contribution in [0.3, 0.4) is 0 Å². The second-order valence-electron chi connectivity index (χ2n) is 4.96. The molecule has 0 bridgehead atoms. The Morgan fingerprint density at radius 1 is 1.56 bits per heavy atom. The first-order valence-electron chi connectivity index (χ1n) is 6.06. The molecule has 0 aliphatic heterocycles. The van der Waals surface area contributed by atoms with E-state index in [-0.39, 0.29) is 11.3 Å². The highest BCUT2D eigenvalue weighted by molar-refractivity contribution is 5.85. The number of benzene rings is 1. The molecule has 4 heteroatoms. The molecule has 1 saturated carbocycles. The molecule has 0 saturated heterocycles. The van der Waals surface area contributed by atoms with Crippen molar-refractivity contribution in [2.24, 2.45) is 11.1 Å². The number of rotatable bonds is 4. The van der Waals surface area contributed by atoms with Gasteiger partial charge in [0, 0.05) is 20.1 Å². The Bertz CT molecular complexity index is 500. The SMILES string of the molecule is CN(Cc1cccc(C#N)c1)C(=O)C1(CN)CC1. The predicted octanol–water partition coefficient (Wildman–Crippen LogP) is 1.26. The highest BCUT2D eigenvalue weighted by Crippen LogP contribution is 2.46. The molecule has 18 heavy (non-hydrogen) atoms. The van der Waals surface area contributed by atoms with Crippen LogP contribution in [0, 0.1) is 16.7 Å². The summed E-state index contributed by atoms with van der Waals surface area (Å²) < 4.78 is 0. The highest BCUT2D eigenvalue weighted by atomic mass is 16.2. The summed E-state index contributed by atoms with van der Waals surface area (Å²) in [5.74, 6) is 0.118. The molecular weight excluding hydrogens is 226 g/mol. The van der Waals surface area contributed by atoms with Crippen LogP contribution in [0.25, 0.3) is 0 Å². The van der Waals surface area contributed by atoms with Gasteiger partial charge in [0.05, 0.1) is 17.0 Å². The van der Waals surface area contributed by atoms with Gasteiger partial charge in [-0.05, 0) is 30.5 Å². The van der Waals surface area contributed by atoms with Gasteiger partial charge in [-0.3, -0.25) is 4.79 Å². The highest BCUT2D eigenvalue weighted by Gasteiger charge is 2.49. The van der Waals surface area contributed by atoms with Gasteiger partial charge in [-0.1, -0.05) is 12.1 Å². The van der Waals surface area contributed by atoms with Gasteiger partial charge in [0.2, 0.25) is 5.91 Å². The molecule has 0 aromatic heterocycles. The van der Waals surface area contributed by atoms with E-state index >= 15 is 0 Å². The summed E-state index contributed by atoms with van der Waals surface area (Å²) >= 11 is 0. The summed E-state index contributed by atoms with van der Waals surface area (Å²) in [7, 11) is 1.79. The number of amides is 1. The maximum absolute atomic E-state index is 12.2. The van der Waals surface area contributed by atoms with Crippen molar-refractivity contribution in [1.29, 1.82) is 5.26 Å². The number of carbonyl (C=O) groups is 1. The standard InChI is InChI=1S/C14H17N3O/c1-17(13(18)14(10-16)5-6-14)9-12-4-2-3-11(7-12)8-15/h2-4,7H,5-6,9-10,16H2,1H3. The van der Waals surface area contributed by atoms with Crippen molar-refractivity contribution in [2.45, 2.75) is 19.4 Å². The lowest BCUT2D eigenvalue weighted by atomic mass is 10.1. The Labute approximate surface area is 107 Å². The number of nitriles is 1. The molecule has 0 atom stereocenters. The predicted molar refractivity (Wildman–Crippen MR) is 68.4 cm³/mol. The second-order valence-corrected chi connectivity index (χ2v) is 4.96. The minimum Gasteiger partial charge on any atom is -0.341 e. The first-order chi connectivity index (χ1) is 8.61. The van der Waals surface area contributed by atoms with Crippen molar-refractivity contribution in [3.8, 4) is 6.07 Å². The zero-order valence-corrected chi connectivity index (χ0v) is 10.5. The lowest BCUT2D eigenvalue weighted by Crippen LogP contribution is -2.37. The fourth-order valence-electron chi connectivity index (χ4n) is 2.15. The quantitative estimate of drug-likeness (QED) is 0.865. The van der Waals surface area contributed by atoms with Crippen LogP contribution in [-0.2, 0) is 11.3 Å². The Balaban J connectivity index is 2.05. The van der Waals surface area contributed by atoms with Gasteiger partial charge in [-0.2, -0.15) is 5.26 Å². The van der Waals surface area contributed by atoms with Gasteiger partial charge < -0.3 is 10.6 Å². The van der Waals surface area contributed by atoms with Crippen molar-refractivity contribution in [3.05, 3.63) is 35.4 Å². The molecule has 1 aliphatic rings. The van der Waals surface area contributed by atoms with Gasteiger partial charge in [0.25, 0.3) is 0 Å². The Morgan fingerprint density at radius 2 is 2.28 bits per heavy atom. The number of hydrogen-bond donors (Lipinski definition) is 1. The van der Waals surface area contributed by atoms with E-state index in [4.69, 9.17) is 11.0 Å². The maximum atomic E-state index is 12.2. The Morgan fingerprint density at radius 3 is 2.83 bits per heavy atom. The van der Waals surface area contributed by atoms with Gasteiger partial charge in [-0.25, -0.2) is 0 Å². The van der Waals surface area contributed by atoms with E-state index < -0.39 is 0 Å². The van der Waals surface area contributed by atoms with Crippen molar-refractivity contribution in [1.82, 2.24) is 4.90 Å². The summed E-state index contributed by atoms with van der Waals surface area (Å²) in [6.45, 7) is 0.949. The second kappa shape index (κ2) is 4.79. The first kappa shape index (κ1) is 12.6. The lowest BCUT2D eigenvalue weighted by Gasteiger charge is -2.22. The van der Waals surface area contributed by atoms with Crippen molar-refractivity contribution in [3.63, 3.8) is 0 Å². The van der Waals surface area contributed by atoms with E-state index in [0.29, 0.717) is 18.7 Å². The van der Waals surface area contributed by atoms with Crippen molar-refractivity contribution < 1.29 is 4.79 Å². The van der Waals surface area contributed by atoms with E-state index in [1.54, 1.807) is 18.0 Å². The van der Waals surface area contributed by atoms with E-state index in [0.717, 1.165) is 18.4 Å². The fraction of sp³-hybridized carbons (Fsp3) is 0.429. The molecule has 1 amide bonds. The minimum absolute atomic E-state index is 0.118. The minimum atomic E-state index is -0.304. The largest absolute Gasteiger partial charge is 0.341 e. The molecular formula is C14H17N3O. The summed E-state index contributed by atoms with van der Waals surface area (Å²) in [5, 5.41) is 8.84. The van der Waals surface area contributed by atoms with Crippen LogP contribution in [0.15, 0.2) is 24.3 Å². The molecule has 0 radical (unpaired) electrons. The maximum Gasteiger partial charge on any atom is 0.230 e. The van der Waals surface area contributed by atoms with Crippen LogP contribution in [0.2, 0.25) is 0 Å². The van der Waals surface area contributed by atoms with Crippen molar-refractivity contribution in [2.75, 3.05) is 13.6 Å². The summed E-state index contributed by atoms with van der Waals surface area (Å²) in [5.41, 5.74) is 6.94. The average molecular weight is 243 g/mol. The van der Waals surface area contributed by atoms with Gasteiger partial charge in [-0.15, -0.1) is 0 Å². The van der Waals surface area contributed by atoms with Gasteiger partial charge in [0.15, 0.2) is 0 Å². The monoisotopic (exact) mass is 243 g/mol. The van der Waals surface area contributed by atoms with Crippen LogP contribution in [-0.4, -0.2) is 24.4 Å². The average Bonchev–Trinajstić information content (AvgIpc) is 3.19.